The van der Waals surface area contributed by atoms with E-state index in [0.29, 0.717) is 26.3 Å². The van der Waals surface area contributed by atoms with Gasteiger partial charge in [0.2, 0.25) is 0 Å². The number of ether oxygens (including phenoxy) is 1. The molecule has 1 fully saturated rings. The first kappa shape index (κ1) is 11.6. The maximum atomic E-state index is 12.0. The van der Waals surface area contributed by atoms with E-state index in [1.807, 2.05) is 0 Å². The minimum absolute atomic E-state index is 0.198. The molecule has 2 rings (SSSR count). The number of nitrogens with two attached hydrogens (primary N) is 1. The van der Waals surface area contributed by atoms with E-state index in [0.717, 1.165) is 0 Å². The second kappa shape index (κ2) is 4.54. The molecule has 1 aliphatic heterocycles. The average Bonchev–Trinajstić information content (AvgIpc) is 2.71. The third-order valence-corrected chi connectivity index (χ3v) is 2.65. The third-order valence-electron chi connectivity index (χ3n) is 2.65. The molecule has 0 spiro atoms. The quantitative estimate of drug-likeness (QED) is 0.714. The molecule has 0 atom stereocenters. The number of rotatable bonds is 2. The van der Waals surface area contributed by atoms with Gasteiger partial charge in [-0.2, -0.15) is 5.10 Å². The number of aryl methyl sites for hydroxylation is 1. The van der Waals surface area contributed by atoms with Crippen molar-refractivity contribution in [1.82, 2.24) is 14.7 Å². The number of hydrogen-bond acceptors (Lipinski definition) is 4. The monoisotopic (exact) mass is 238 g/mol. The standard InChI is InChI=1S/C10H14N4O3/c1-13-8(9(11)15)6-7(12-13)10(16)14-2-4-17-5-3-14/h6H,2-5H2,1H3,(H2,11,15). The Hall–Kier alpha value is -1.89. The molecule has 2 heterocycles. The summed E-state index contributed by atoms with van der Waals surface area (Å²) >= 11 is 0. The molecule has 0 radical (unpaired) electrons. The normalized spacial score (nSPS) is 15.9. The average molecular weight is 238 g/mol. The van der Waals surface area contributed by atoms with Crippen molar-refractivity contribution in [3.8, 4) is 0 Å². The number of nitrogens with zero attached hydrogens (tertiary/aromatic N) is 3. The van der Waals surface area contributed by atoms with Crippen LogP contribution in [0.4, 0.5) is 0 Å². The van der Waals surface area contributed by atoms with E-state index in [2.05, 4.69) is 5.10 Å². The van der Waals surface area contributed by atoms with Gasteiger partial charge in [0.25, 0.3) is 11.8 Å². The van der Waals surface area contributed by atoms with Crippen molar-refractivity contribution in [3.05, 3.63) is 17.5 Å². The Morgan fingerprint density at radius 3 is 2.59 bits per heavy atom. The van der Waals surface area contributed by atoms with Crippen molar-refractivity contribution in [3.63, 3.8) is 0 Å². The molecule has 0 aromatic carbocycles. The third kappa shape index (κ3) is 2.28. The first-order valence-electron chi connectivity index (χ1n) is 5.30. The molecule has 7 nitrogen and oxygen atoms in total. The van der Waals surface area contributed by atoms with Crippen molar-refractivity contribution in [2.45, 2.75) is 0 Å². The maximum Gasteiger partial charge on any atom is 0.274 e. The summed E-state index contributed by atoms with van der Waals surface area (Å²) in [6.07, 6.45) is 0. The van der Waals surface area contributed by atoms with Crippen molar-refractivity contribution < 1.29 is 14.3 Å². The maximum absolute atomic E-state index is 12.0. The number of hydrogen-bond donors (Lipinski definition) is 1. The lowest BCUT2D eigenvalue weighted by molar-refractivity contribution is 0.0298. The first-order valence-corrected chi connectivity index (χ1v) is 5.30. The molecule has 0 saturated carbocycles. The van der Waals surface area contributed by atoms with Crippen LogP contribution in [-0.4, -0.2) is 52.8 Å². The van der Waals surface area contributed by atoms with Crippen molar-refractivity contribution in [2.24, 2.45) is 12.8 Å². The highest BCUT2D eigenvalue weighted by atomic mass is 16.5. The summed E-state index contributed by atoms with van der Waals surface area (Å²) < 4.78 is 6.47. The molecule has 7 heteroatoms. The minimum Gasteiger partial charge on any atom is -0.378 e. The van der Waals surface area contributed by atoms with Gasteiger partial charge in [0.15, 0.2) is 5.69 Å². The van der Waals surface area contributed by atoms with Gasteiger partial charge in [0.1, 0.15) is 5.69 Å². The Balaban J connectivity index is 2.19. The summed E-state index contributed by atoms with van der Waals surface area (Å²) in [5.41, 5.74) is 5.62. The number of aromatic nitrogens is 2. The van der Waals surface area contributed by atoms with Gasteiger partial charge in [-0.1, -0.05) is 0 Å². The van der Waals surface area contributed by atoms with E-state index < -0.39 is 5.91 Å². The van der Waals surface area contributed by atoms with Gasteiger partial charge >= 0.3 is 0 Å². The lowest BCUT2D eigenvalue weighted by Crippen LogP contribution is -2.40. The minimum atomic E-state index is -0.596. The number of primary amides is 1. The van der Waals surface area contributed by atoms with Crippen LogP contribution >= 0.6 is 0 Å². The van der Waals surface area contributed by atoms with Gasteiger partial charge in [0.05, 0.1) is 13.2 Å². The zero-order chi connectivity index (χ0) is 12.4. The van der Waals surface area contributed by atoms with Gasteiger partial charge in [-0.25, -0.2) is 0 Å². The molecule has 1 aliphatic rings. The fourth-order valence-corrected chi connectivity index (χ4v) is 1.73. The topological polar surface area (TPSA) is 90.4 Å². The Morgan fingerprint density at radius 1 is 1.41 bits per heavy atom. The predicted octanol–water partition coefficient (Wildman–Crippen LogP) is -1.01. The fraction of sp³-hybridized carbons (Fsp3) is 0.500. The molecule has 0 unspecified atom stereocenters. The Morgan fingerprint density at radius 2 is 2.06 bits per heavy atom. The zero-order valence-corrected chi connectivity index (χ0v) is 9.55. The Kier molecular flexibility index (Phi) is 3.10. The van der Waals surface area contributed by atoms with Gasteiger partial charge in [-0.05, 0) is 0 Å². The van der Waals surface area contributed by atoms with Crippen LogP contribution in [-0.2, 0) is 11.8 Å². The highest BCUT2D eigenvalue weighted by molar-refractivity contribution is 5.97. The summed E-state index contributed by atoms with van der Waals surface area (Å²) in [4.78, 5) is 24.7. The molecule has 2 amide bonds. The highest BCUT2D eigenvalue weighted by Gasteiger charge is 2.22. The molecule has 17 heavy (non-hydrogen) atoms. The van der Waals surface area contributed by atoms with E-state index in [1.165, 1.54) is 10.7 Å². The van der Waals surface area contributed by atoms with Crippen LogP contribution in [0.5, 0.6) is 0 Å². The Bertz CT molecular complexity index is 448. The van der Waals surface area contributed by atoms with Crippen LogP contribution in [0.2, 0.25) is 0 Å². The predicted molar refractivity (Wildman–Crippen MR) is 58.4 cm³/mol. The van der Waals surface area contributed by atoms with Gasteiger partial charge in [-0.3, -0.25) is 14.3 Å². The Labute approximate surface area is 98.1 Å². The zero-order valence-electron chi connectivity index (χ0n) is 9.55. The fourth-order valence-electron chi connectivity index (χ4n) is 1.73. The van der Waals surface area contributed by atoms with Crippen LogP contribution in [0.1, 0.15) is 21.0 Å². The van der Waals surface area contributed by atoms with E-state index in [-0.39, 0.29) is 17.3 Å². The SMILES string of the molecule is Cn1nc(C(=O)N2CCOCC2)cc1C(N)=O. The van der Waals surface area contributed by atoms with E-state index in [1.54, 1.807) is 11.9 Å². The summed E-state index contributed by atoms with van der Waals surface area (Å²) in [6.45, 7) is 2.14. The van der Waals surface area contributed by atoms with Crippen molar-refractivity contribution in [1.29, 1.82) is 0 Å². The lowest BCUT2D eigenvalue weighted by Gasteiger charge is -2.25. The molecular formula is C10H14N4O3. The van der Waals surface area contributed by atoms with E-state index >= 15 is 0 Å². The second-order valence-corrected chi connectivity index (χ2v) is 3.81. The molecule has 0 aliphatic carbocycles. The number of morpholine rings is 1. The van der Waals surface area contributed by atoms with E-state index in [4.69, 9.17) is 10.5 Å². The summed E-state index contributed by atoms with van der Waals surface area (Å²) in [5, 5.41) is 3.99. The van der Waals surface area contributed by atoms with Crippen LogP contribution in [0.15, 0.2) is 6.07 Å². The largest absolute Gasteiger partial charge is 0.378 e. The molecule has 92 valence electrons. The van der Waals surface area contributed by atoms with Crippen LogP contribution in [0.3, 0.4) is 0 Å². The van der Waals surface area contributed by atoms with E-state index in [9.17, 15) is 9.59 Å². The van der Waals surface area contributed by atoms with Gasteiger partial charge < -0.3 is 15.4 Å². The van der Waals surface area contributed by atoms with Gasteiger partial charge in [0, 0.05) is 26.2 Å². The van der Waals surface area contributed by atoms with Crippen molar-refractivity contribution >= 4 is 11.8 Å². The summed E-state index contributed by atoms with van der Waals surface area (Å²) in [6, 6.07) is 1.42. The second-order valence-electron chi connectivity index (χ2n) is 3.81. The molecule has 1 aromatic heterocycles. The highest BCUT2D eigenvalue weighted by Crippen LogP contribution is 2.08. The number of carbonyl (C=O) groups excluding carboxylic acids is 2. The number of amides is 2. The summed E-state index contributed by atoms with van der Waals surface area (Å²) in [7, 11) is 1.58. The molecule has 1 aromatic rings. The molecule has 1 saturated heterocycles. The summed E-state index contributed by atoms with van der Waals surface area (Å²) in [5.74, 6) is -0.794. The number of carbonyl (C=O) groups is 2. The van der Waals surface area contributed by atoms with Gasteiger partial charge in [-0.15, -0.1) is 0 Å². The lowest BCUT2D eigenvalue weighted by atomic mass is 10.3. The smallest absolute Gasteiger partial charge is 0.274 e. The van der Waals surface area contributed by atoms with Crippen LogP contribution < -0.4 is 5.73 Å². The van der Waals surface area contributed by atoms with Crippen molar-refractivity contribution in [2.75, 3.05) is 26.3 Å². The molecule has 2 N–H and O–H groups in total. The molecular weight excluding hydrogens is 224 g/mol. The first-order chi connectivity index (χ1) is 8.09. The molecule has 0 bridgehead atoms. The van der Waals surface area contributed by atoms with Crippen LogP contribution in [0, 0.1) is 0 Å². The van der Waals surface area contributed by atoms with Crippen LogP contribution in [0.25, 0.3) is 0 Å².